The van der Waals surface area contributed by atoms with Gasteiger partial charge >= 0.3 is 0 Å². The summed E-state index contributed by atoms with van der Waals surface area (Å²) < 4.78 is 0. The SMILES string of the molecule is C[Si](C)(C)Br.ClCCl. The van der Waals surface area contributed by atoms with Crippen LogP contribution in [-0.4, -0.2) is 12.0 Å². The summed E-state index contributed by atoms with van der Waals surface area (Å²) >= 11 is 13.0. The van der Waals surface area contributed by atoms with E-state index in [-0.39, 0.29) is 5.34 Å². The zero-order chi connectivity index (χ0) is 7.21. The standard InChI is InChI=1S/C3H9BrSi.CH2Cl2/c1-5(2,3)4;2-1-3/h1-3H3;1H2. The van der Waals surface area contributed by atoms with Gasteiger partial charge in [0.05, 0.1) is 5.34 Å². The highest BCUT2D eigenvalue weighted by molar-refractivity contribution is 9.26. The maximum atomic E-state index is 4.76. The van der Waals surface area contributed by atoms with Crippen LogP contribution in [0.25, 0.3) is 0 Å². The summed E-state index contributed by atoms with van der Waals surface area (Å²) in [6, 6.07) is 0. The van der Waals surface area contributed by atoms with Gasteiger partial charge in [-0.25, -0.2) is 0 Å². The lowest BCUT2D eigenvalue weighted by molar-refractivity contribution is 1.89. The Morgan fingerprint density at radius 1 is 1.25 bits per heavy atom. The number of rotatable bonds is 0. The molecule has 0 N–H and O–H groups in total. The van der Waals surface area contributed by atoms with Crippen molar-refractivity contribution in [2.75, 3.05) is 5.34 Å². The van der Waals surface area contributed by atoms with Crippen LogP contribution in [0, 0.1) is 0 Å². The lowest BCUT2D eigenvalue weighted by Gasteiger charge is -1.98. The summed E-state index contributed by atoms with van der Waals surface area (Å²) in [4.78, 5) is 0. The minimum Gasteiger partial charge on any atom is -0.127 e. The van der Waals surface area contributed by atoms with Gasteiger partial charge in [0.15, 0.2) is 0 Å². The fourth-order valence-corrected chi connectivity index (χ4v) is 0. The first-order valence-corrected chi connectivity index (χ1v) is 9.05. The van der Waals surface area contributed by atoms with E-state index in [1.807, 2.05) is 0 Å². The average Bonchev–Trinajstić information content (AvgIpc) is 1.27. The molecule has 0 aliphatic rings. The van der Waals surface area contributed by atoms with Crippen LogP contribution in [0.1, 0.15) is 0 Å². The highest BCUT2D eigenvalue weighted by atomic mass is 79.9. The first-order chi connectivity index (χ1) is 3.41. The van der Waals surface area contributed by atoms with Gasteiger partial charge in [0.25, 0.3) is 0 Å². The van der Waals surface area contributed by atoms with E-state index >= 15 is 0 Å². The smallest absolute Gasteiger partial charge is 0.121 e. The Morgan fingerprint density at radius 3 is 1.25 bits per heavy atom. The molecule has 0 aromatic rings. The Balaban J connectivity index is 0. The summed E-state index contributed by atoms with van der Waals surface area (Å²) in [5, 5.41) is 0.194. The normalized spacial score (nSPS) is 9.75. The van der Waals surface area contributed by atoms with E-state index in [4.69, 9.17) is 23.2 Å². The Bertz CT molecular complexity index is 37.8. The number of hydrogen-bond donors (Lipinski definition) is 0. The molecule has 0 radical (unpaired) electrons. The quantitative estimate of drug-likeness (QED) is 0.343. The van der Waals surface area contributed by atoms with Crippen molar-refractivity contribution in [2.24, 2.45) is 0 Å². The van der Waals surface area contributed by atoms with Gasteiger partial charge in [-0.3, -0.25) is 0 Å². The maximum absolute atomic E-state index is 4.76. The highest BCUT2D eigenvalue weighted by Gasteiger charge is 2.03. The van der Waals surface area contributed by atoms with Crippen molar-refractivity contribution in [2.45, 2.75) is 19.6 Å². The Hall–Kier alpha value is 1.28. The topological polar surface area (TPSA) is 0 Å². The van der Waals surface area contributed by atoms with Crippen molar-refractivity contribution in [1.29, 1.82) is 0 Å². The summed E-state index contributed by atoms with van der Waals surface area (Å²) in [6.45, 7) is 5.93. The zero-order valence-electron chi connectivity index (χ0n) is 5.34. The van der Waals surface area contributed by atoms with Crippen LogP contribution in [0.15, 0.2) is 0 Å². The Kier molecular flexibility index (Phi) is 9.60. The highest BCUT2D eigenvalue weighted by Crippen LogP contribution is 2.07. The minimum atomic E-state index is -0.799. The Labute approximate surface area is 70.1 Å². The molecule has 0 aliphatic heterocycles. The largest absolute Gasteiger partial charge is 0.127 e. The van der Waals surface area contributed by atoms with Gasteiger partial charge < -0.3 is 0 Å². The van der Waals surface area contributed by atoms with Crippen LogP contribution >= 0.6 is 38.5 Å². The molecule has 4 heteroatoms. The van der Waals surface area contributed by atoms with Gasteiger partial charge in [-0.15, -0.1) is 38.5 Å². The van der Waals surface area contributed by atoms with E-state index in [2.05, 4.69) is 34.9 Å². The third-order valence-corrected chi connectivity index (χ3v) is 0. The fraction of sp³-hybridized carbons (Fsp3) is 1.00. The van der Waals surface area contributed by atoms with Crippen LogP contribution in [-0.2, 0) is 0 Å². The average molecular weight is 238 g/mol. The lowest BCUT2D eigenvalue weighted by atomic mass is 11.8. The number of alkyl halides is 2. The molecule has 0 aliphatic carbocycles. The van der Waals surface area contributed by atoms with E-state index in [0.717, 1.165) is 0 Å². The van der Waals surface area contributed by atoms with E-state index in [0.29, 0.717) is 0 Å². The van der Waals surface area contributed by atoms with Crippen molar-refractivity contribution >= 4 is 45.2 Å². The molecule has 0 rings (SSSR count). The predicted octanol–water partition coefficient (Wildman–Crippen LogP) is 3.64. The molecule has 0 spiro atoms. The lowest BCUT2D eigenvalue weighted by Crippen LogP contribution is -2.05. The maximum Gasteiger partial charge on any atom is 0.121 e. The van der Waals surface area contributed by atoms with Gasteiger partial charge in [0.1, 0.15) is 6.69 Å². The molecule has 0 heterocycles. The molecule has 0 unspecified atom stereocenters. The monoisotopic (exact) mass is 236 g/mol. The van der Waals surface area contributed by atoms with E-state index < -0.39 is 6.69 Å². The van der Waals surface area contributed by atoms with Crippen LogP contribution in [0.5, 0.6) is 0 Å². The van der Waals surface area contributed by atoms with Crippen molar-refractivity contribution in [3.8, 4) is 0 Å². The molecule has 0 saturated carbocycles. The van der Waals surface area contributed by atoms with E-state index in [1.54, 1.807) is 0 Å². The van der Waals surface area contributed by atoms with Crippen LogP contribution in [0.4, 0.5) is 0 Å². The summed E-state index contributed by atoms with van der Waals surface area (Å²) in [5.74, 6) is 0. The fourth-order valence-electron chi connectivity index (χ4n) is 0. The summed E-state index contributed by atoms with van der Waals surface area (Å²) in [7, 11) is 0. The molecule has 0 aromatic heterocycles. The molecule has 0 bridgehead atoms. The molecule has 52 valence electrons. The summed E-state index contributed by atoms with van der Waals surface area (Å²) in [6.07, 6.45) is 0. The third-order valence-electron chi connectivity index (χ3n) is 0. The molecule has 0 fully saturated rings. The van der Waals surface area contributed by atoms with Gasteiger partial charge in [-0.2, -0.15) is 0 Å². The number of halogens is 3. The molecular weight excluding hydrogens is 227 g/mol. The van der Waals surface area contributed by atoms with Crippen LogP contribution in [0.2, 0.25) is 19.6 Å². The van der Waals surface area contributed by atoms with Crippen molar-refractivity contribution < 1.29 is 0 Å². The third kappa shape index (κ3) is 176. The van der Waals surface area contributed by atoms with Gasteiger partial charge in [-0.05, 0) is 0 Å². The van der Waals surface area contributed by atoms with Crippen molar-refractivity contribution in [3.63, 3.8) is 0 Å². The molecule has 0 amide bonds. The molecule has 0 atom stereocenters. The minimum absolute atomic E-state index is 0.194. The second-order valence-corrected chi connectivity index (χ2v) is 14.2. The van der Waals surface area contributed by atoms with Gasteiger partial charge in [0, 0.05) is 0 Å². The zero-order valence-corrected chi connectivity index (χ0v) is 9.44. The predicted molar refractivity (Wildman–Crippen MR) is 48.8 cm³/mol. The summed E-state index contributed by atoms with van der Waals surface area (Å²) in [5.41, 5.74) is 0. The molecule has 0 nitrogen and oxygen atoms in total. The number of hydrogen-bond acceptors (Lipinski definition) is 0. The molecule has 0 aromatic carbocycles. The first-order valence-electron chi connectivity index (χ1n) is 2.22. The van der Waals surface area contributed by atoms with E-state index in [9.17, 15) is 0 Å². The van der Waals surface area contributed by atoms with E-state index in [1.165, 1.54) is 0 Å². The van der Waals surface area contributed by atoms with Crippen molar-refractivity contribution in [3.05, 3.63) is 0 Å². The second kappa shape index (κ2) is 6.40. The van der Waals surface area contributed by atoms with Crippen LogP contribution < -0.4 is 0 Å². The molecular formula is C4H11BrCl2Si. The first kappa shape index (κ1) is 12.0. The second-order valence-electron chi connectivity index (χ2n) is 2.17. The van der Waals surface area contributed by atoms with Gasteiger partial charge in [0.2, 0.25) is 0 Å². The van der Waals surface area contributed by atoms with Crippen LogP contribution in [0.3, 0.4) is 0 Å². The molecule has 0 saturated heterocycles. The molecule has 8 heavy (non-hydrogen) atoms. The Morgan fingerprint density at radius 2 is 1.25 bits per heavy atom. The van der Waals surface area contributed by atoms with Crippen molar-refractivity contribution in [1.82, 2.24) is 0 Å². The van der Waals surface area contributed by atoms with Gasteiger partial charge in [-0.1, -0.05) is 19.6 Å².